The Morgan fingerprint density at radius 2 is 1.85 bits per heavy atom. The van der Waals surface area contributed by atoms with Crippen molar-refractivity contribution in [2.24, 2.45) is 0 Å². The highest BCUT2D eigenvalue weighted by Gasteiger charge is 2.41. The van der Waals surface area contributed by atoms with Crippen molar-refractivity contribution in [3.8, 4) is 0 Å². The molecule has 0 radical (unpaired) electrons. The molecule has 7 heteroatoms. The summed E-state index contributed by atoms with van der Waals surface area (Å²) >= 11 is 0. The zero-order chi connectivity index (χ0) is 19.5. The number of ether oxygens (including phenoxy) is 1. The molecule has 2 unspecified atom stereocenters. The molecule has 1 amide bonds. The number of nitrogens with one attached hydrogen (secondary N) is 1. The van der Waals surface area contributed by atoms with Crippen LogP contribution in [0.1, 0.15) is 23.1 Å². The average Bonchev–Trinajstić information content (AvgIpc) is 2.59. The van der Waals surface area contributed by atoms with Gasteiger partial charge in [-0.15, -0.1) is 0 Å². The van der Waals surface area contributed by atoms with Crippen molar-refractivity contribution >= 4 is 15.9 Å². The van der Waals surface area contributed by atoms with Crippen LogP contribution < -0.4 is 5.32 Å². The van der Waals surface area contributed by atoms with E-state index in [4.69, 9.17) is 4.74 Å². The molecule has 1 aliphatic carbocycles. The van der Waals surface area contributed by atoms with Gasteiger partial charge in [0, 0.05) is 18.7 Å². The lowest BCUT2D eigenvalue weighted by atomic mass is 9.78. The molecule has 1 aliphatic rings. The summed E-state index contributed by atoms with van der Waals surface area (Å²) in [5.41, 5.74) is 0.754. The quantitative estimate of drug-likeness (QED) is 0.818. The second-order valence-corrected chi connectivity index (χ2v) is 9.21. The number of carbonyl (C=O) groups is 1. The molecule has 2 aromatic rings. The highest BCUT2D eigenvalue weighted by molar-refractivity contribution is 7.90. The minimum atomic E-state index is -3.42. The monoisotopic (exact) mass is 389 g/mol. The van der Waals surface area contributed by atoms with Gasteiger partial charge in [0.25, 0.3) is 0 Å². The topological polar surface area (TPSA) is 92.7 Å². The maximum atomic E-state index is 12.2. The van der Waals surface area contributed by atoms with Crippen LogP contribution in [0.15, 0.2) is 54.6 Å². The Balaban J connectivity index is 1.71. The SMILES string of the molecule is CS(=O)(=O)CC1(O)CC(NC(=O)OCc2ccccc2)Cc2ccccc21. The molecular weight excluding hydrogens is 366 g/mol. The van der Waals surface area contributed by atoms with Gasteiger partial charge in [0.15, 0.2) is 9.84 Å². The summed E-state index contributed by atoms with van der Waals surface area (Å²) in [6.45, 7) is 0.142. The first kappa shape index (κ1) is 19.4. The molecule has 2 atom stereocenters. The molecule has 0 heterocycles. The Bertz CT molecular complexity index is 913. The molecule has 0 saturated heterocycles. The van der Waals surface area contributed by atoms with Crippen molar-refractivity contribution < 1.29 is 23.1 Å². The number of hydrogen-bond acceptors (Lipinski definition) is 5. The smallest absolute Gasteiger partial charge is 0.407 e. The summed E-state index contributed by atoms with van der Waals surface area (Å²) < 4.78 is 28.9. The molecule has 144 valence electrons. The van der Waals surface area contributed by atoms with Gasteiger partial charge in [0.2, 0.25) is 0 Å². The molecule has 0 fully saturated rings. The lowest BCUT2D eigenvalue weighted by Crippen LogP contribution is -2.49. The molecule has 2 aromatic carbocycles. The van der Waals surface area contributed by atoms with Gasteiger partial charge in [-0.1, -0.05) is 54.6 Å². The fraction of sp³-hybridized carbons (Fsp3) is 0.350. The maximum Gasteiger partial charge on any atom is 0.407 e. The van der Waals surface area contributed by atoms with Crippen LogP contribution in [0.3, 0.4) is 0 Å². The molecule has 27 heavy (non-hydrogen) atoms. The van der Waals surface area contributed by atoms with Crippen molar-refractivity contribution in [1.29, 1.82) is 0 Å². The number of alkyl carbamates (subject to hydrolysis) is 1. The molecule has 0 saturated carbocycles. The molecule has 6 nitrogen and oxygen atoms in total. The third-order valence-electron chi connectivity index (χ3n) is 4.60. The third kappa shape index (κ3) is 5.08. The molecule has 2 N–H and O–H groups in total. The standard InChI is InChI=1S/C20H23NO5S/c1-27(24,25)14-20(23)12-17(11-16-9-5-6-10-18(16)20)21-19(22)26-13-15-7-3-2-4-8-15/h2-10,17,23H,11-14H2,1H3,(H,21,22). The maximum absolute atomic E-state index is 12.2. The number of sulfone groups is 1. The Kier molecular flexibility index (Phi) is 5.53. The summed E-state index contributed by atoms with van der Waals surface area (Å²) in [4.78, 5) is 12.2. The van der Waals surface area contributed by atoms with Crippen molar-refractivity contribution in [2.75, 3.05) is 12.0 Å². The van der Waals surface area contributed by atoms with E-state index in [0.717, 1.165) is 17.4 Å². The van der Waals surface area contributed by atoms with Gasteiger partial charge >= 0.3 is 6.09 Å². The van der Waals surface area contributed by atoms with E-state index >= 15 is 0 Å². The largest absolute Gasteiger partial charge is 0.445 e. The van der Waals surface area contributed by atoms with E-state index in [-0.39, 0.29) is 13.0 Å². The fourth-order valence-corrected chi connectivity index (χ4v) is 4.75. The Hall–Kier alpha value is -2.38. The van der Waals surface area contributed by atoms with Crippen LogP contribution in [0.25, 0.3) is 0 Å². The van der Waals surface area contributed by atoms with E-state index in [1.54, 1.807) is 12.1 Å². The predicted octanol–water partition coefficient (Wildman–Crippen LogP) is 2.16. The van der Waals surface area contributed by atoms with E-state index in [1.165, 1.54) is 0 Å². The molecular formula is C20H23NO5S. The van der Waals surface area contributed by atoms with E-state index in [9.17, 15) is 18.3 Å². The lowest BCUT2D eigenvalue weighted by molar-refractivity contribution is 0.0306. The van der Waals surface area contributed by atoms with Crippen molar-refractivity contribution in [2.45, 2.75) is 31.1 Å². The first-order chi connectivity index (χ1) is 12.8. The Morgan fingerprint density at radius 3 is 2.56 bits per heavy atom. The van der Waals surface area contributed by atoms with Crippen LogP contribution in [0.5, 0.6) is 0 Å². The Labute approximate surface area is 159 Å². The molecule has 0 aliphatic heterocycles. The number of aliphatic hydroxyl groups is 1. The lowest BCUT2D eigenvalue weighted by Gasteiger charge is -2.38. The van der Waals surface area contributed by atoms with Crippen molar-refractivity contribution in [3.63, 3.8) is 0 Å². The first-order valence-corrected chi connectivity index (χ1v) is 10.8. The summed E-state index contributed by atoms with van der Waals surface area (Å²) in [6.07, 6.45) is 1.11. The van der Waals surface area contributed by atoms with E-state index in [2.05, 4.69) is 5.32 Å². The number of carbonyl (C=O) groups excluding carboxylic acids is 1. The van der Waals surface area contributed by atoms with Gasteiger partial charge in [-0.25, -0.2) is 13.2 Å². The highest BCUT2D eigenvalue weighted by Crippen LogP contribution is 2.36. The van der Waals surface area contributed by atoms with Gasteiger partial charge in [-0.3, -0.25) is 0 Å². The van der Waals surface area contributed by atoms with Gasteiger partial charge in [-0.05, 0) is 23.1 Å². The molecule has 0 aromatic heterocycles. The summed E-state index contributed by atoms with van der Waals surface area (Å²) in [5.74, 6) is -0.395. The molecule has 3 rings (SSSR count). The predicted molar refractivity (Wildman–Crippen MR) is 102 cm³/mol. The zero-order valence-electron chi connectivity index (χ0n) is 15.1. The number of rotatable bonds is 5. The Morgan fingerprint density at radius 1 is 1.19 bits per heavy atom. The average molecular weight is 389 g/mol. The number of fused-ring (bicyclic) bond motifs is 1. The van der Waals surface area contributed by atoms with Gasteiger partial charge in [0.1, 0.15) is 12.2 Å². The normalized spacial score (nSPS) is 21.9. The fourth-order valence-electron chi connectivity index (χ4n) is 3.61. The number of benzene rings is 2. The molecule has 0 bridgehead atoms. The van der Waals surface area contributed by atoms with Crippen LogP contribution in [0.2, 0.25) is 0 Å². The molecule has 0 spiro atoms. The van der Waals surface area contributed by atoms with Crippen LogP contribution >= 0.6 is 0 Å². The van der Waals surface area contributed by atoms with Crippen LogP contribution in [-0.4, -0.2) is 37.7 Å². The number of amides is 1. The van der Waals surface area contributed by atoms with E-state index in [0.29, 0.717) is 12.0 Å². The first-order valence-electron chi connectivity index (χ1n) is 8.71. The second kappa shape index (κ2) is 7.70. The highest BCUT2D eigenvalue weighted by atomic mass is 32.2. The van der Waals surface area contributed by atoms with Gasteiger partial charge < -0.3 is 15.2 Å². The summed E-state index contributed by atoms with van der Waals surface area (Å²) in [5, 5.41) is 13.8. The third-order valence-corrected chi connectivity index (χ3v) is 5.61. The van der Waals surface area contributed by atoms with E-state index < -0.39 is 33.3 Å². The van der Waals surface area contributed by atoms with E-state index in [1.807, 2.05) is 42.5 Å². The van der Waals surface area contributed by atoms with Crippen molar-refractivity contribution in [1.82, 2.24) is 5.32 Å². The van der Waals surface area contributed by atoms with Crippen LogP contribution in [0, 0.1) is 0 Å². The van der Waals surface area contributed by atoms with Gasteiger partial charge in [0.05, 0.1) is 5.75 Å². The number of hydrogen-bond donors (Lipinski definition) is 2. The zero-order valence-corrected chi connectivity index (χ0v) is 15.9. The summed E-state index contributed by atoms with van der Waals surface area (Å²) in [6, 6.07) is 16.1. The minimum absolute atomic E-state index is 0.109. The van der Waals surface area contributed by atoms with Gasteiger partial charge in [-0.2, -0.15) is 0 Å². The summed E-state index contributed by atoms with van der Waals surface area (Å²) in [7, 11) is -3.42. The van der Waals surface area contributed by atoms with Crippen LogP contribution in [-0.2, 0) is 33.2 Å². The minimum Gasteiger partial charge on any atom is -0.445 e. The second-order valence-electron chi connectivity index (χ2n) is 7.07. The van der Waals surface area contributed by atoms with Crippen molar-refractivity contribution in [3.05, 3.63) is 71.3 Å². The van der Waals surface area contributed by atoms with Crippen LogP contribution in [0.4, 0.5) is 4.79 Å².